The highest BCUT2D eigenvalue weighted by atomic mass is 16.5. The van der Waals surface area contributed by atoms with Gasteiger partial charge in [-0.3, -0.25) is 4.79 Å². The number of nitrogens with two attached hydrogens (primary N) is 2. The van der Waals surface area contributed by atoms with Gasteiger partial charge >= 0.3 is 0 Å². The Bertz CT molecular complexity index is 879. The monoisotopic (exact) mass is 442 g/mol. The van der Waals surface area contributed by atoms with Crippen LogP contribution >= 0.6 is 0 Å². The van der Waals surface area contributed by atoms with Gasteiger partial charge in [-0.1, -0.05) is 47.0 Å². The number of anilines is 4. The fraction of sp³-hybridized carbons (Fsp3) is 0.542. The molecule has 1 aromatic heterocycles. The molecule has 0 spiro atoms. The molecule has 32 heavy (non-hydrogen) atoms. The fourth-order valence-electron chi connectivity index (χ4n) is 3.83. The molecule has 1 aliphatic rings. The summed E-state index contributed by atoms with van der Waals surface area (Å²) in [4.78, 5) is 21.2. The highest BCUT2D eigenvalue weighted by molar-refractivity contribution is 5.95. The SMILES string of the molecule is CCC.CCc1c(N)nc(Nc2ccc(C(=O)NC3CCCC(C)C3)cc2OC)nc1N. The molecular weight excluding hydrogens is 404 g/mol. The zero-order valence-corrected chi connectivity index (χ0v) is 20.0. The number of rotatable bonds is 6. The van der Waals surface area contributed by atoms with Crippen molar-refractivity contribution in [1.82, 2.24) is 15.3 Å². The first kappa shape index (κ1) is 25.2. The lowest BCUT2D eigenvalue weighted by Crippen LogP contribution is -2.37. The Morgan fingerprint density at radius 1 is 1.16 bits per heavy atom. The van der Waals surface area contributed by atoms with E-state index in [-0.39, 0.29) is 17.9 Å². The Labute approximate surface area is 191 Å². The average Bonchev–Trinajstić information content (AvgIpc) is 2.74. The summed E-state index contributed by atoms with van der Waals surface area (Å²) in [6.45, 7) is 8.43. The summed E-state index contributed by atoms with van der Waals surface area (Å²) < 4.78 is 5.46. The van der Waals surface area contributed by atoms with Crippen LogP contribution in [0.5, 0.6) is 5.75 Å². The van der Waals surface area contributed by atoms with E-state index in [1.54, 1.807) is 25.3 Å². The molecule has 8 heteroatoms. The van der Waals surface area contributed by atoms with Crippen LogP contribution in [-0.4, -0.2) is 29.0 Å². The summed E-state index contributed by atoms with van der Waals surface area (Å²) in [5, 5.41) is 6.21. The largest absolute Gasteiger partial charge is 0.495 e. The normalized spacial score (nSPS) is 17.7. The Balaban J connectivity index is 0.00000114. The molecule has 3 rings (SSSR count). The predicted octanol–water partition coefficient (Wildman–Crippen LogP) is 4.68. The van der Waals surface area contributed by atoms with Crippen molar-refractivity contribution in [2.75, 3.05) is 23.9 Å². The lowest BCUT2D eigenvalue weighted by atomic mass is 9.87. The van der Waals surface area contributed by atoms with Crippen LogP contribution in [-0.2, 0) is 6.42 Å². The van der Waals surface area contributed by atoms with E-state index in [0.717, 1.165) is 24.8 Å². The third kappa shape index (κ3) is 6.73. The predicted molar refractivity (Wildman–Crippen MR) is 131 cm³/mol. The van der Waals surface area contributed by atoms with Crippen LogP contribution in [0.25, 0.3) is 0 Å². The van der Waals surface area contributed by atoms with Crippen molar-refractivity contribution in [3.63, 3.8) is 0 Å². The molecule has 8 nitrogen and oxygen atoms in total. The van der Waals surface area contributed by atoms with Gasteiger partial charge in [0.25, 0.3) is 5.91 Å². The van der Waals surface area contributed by atoms with Crippen LogP contribution in [0.3, 0.4) is 0 Å². The lowest BCUT2D eigenvalue weighted by Gasteiger charge is -2.27. The molecule has 1 aromatic carbocycles. The molecule has 6 N–H and O–H groups in total. The number of ether oxygens (including phenoxy) is 1. The lowest BCUT2D eigenvalue weighted by molar-refractivity contribution is 0.0921. The second-order valence-electron chi connectivity index (χ2n) is 8.34. The van der Waals surface area contributed by atoms with Gasteiger partial charge < -0.3 is 26.8 Å². The molecular formula is C24H38N6O2. The number of hydrogen-bond acceptors (Lipinski definition) is 7. The second kappa shape index (κ2) is 12.1. The molecule has 1 heterocycles. The smallest absolute Gasteiger partial charge is 0.251 e. The number of carbonyl (C=O) groups is 1. The van der Waals surface area contributed by atoms with Gasteiger partial charge in [-0.2, -0.15) is 9.97 Å². The maximum atomic E-state index is 12.7. The minimum atomic E-state index is -0.0917. The molecule has 1 fully saturated rings. The van der Waals surface area contributed by atoms with E-state index in [9.17, 15) is 4.79 Å². The first-order valence-corrected chi connectivity index (χ1v) is 11.5. The molecule has 0 radical (unpaired) electrons. The van der Waals surface area contributed by atoms with E-state index in [0.29, 0.717) is 41.0 Å². The number of benzene rings is 1. The standard InChI is InChI=1S/C21H30N6O2.C3H8/c1-4-15-18(22)26-21(27-19(15)23)25-16-9-8-13(11-17(16)29-3)20(28)24-14-7-5-6-12(2)10-14;1-3-2/h8-9,11-12,14H,4-7,10H2,1-3H3,(H,24,28)(H5,22,23,25,26,27);3H2,1-2H3. The number of hydrogen-bond donors (Lipinski definition) is 4. The third-order valence-electron chi connectivity index (χ3n) is 5.41. The first-order chi connectivity index (χ1) is 15.3. The van der Waals surface area contributed by atoms with Crippen molar-refractivity contribution >= 4 is 29.2 Å². The van der Waals surface area contributed by atoms with Crippen LogP contribution in [0.2, 0.25) is 0 Å². The van der Waals surface area contributed by atoms with E-state index in [4.69, 9.17) is 16.2 Å². The molecule has 0 saturated heterocycles. The average molecular weight is 443 g/mol. The molecule has 2 unspecified atom stereocenters. The van der Waals surface area contributed by atoms with Gasteiger partial charge in [0.15, 0.2) is 0 Å². The van der Waals surface area contributed by atoms with Crippen molar-refractivity contribution in [2.24, 2.45) is 5.92 Å². The van der Waals surface area contributed by atoms with E-state index < -0.39 is 0 Å². The molecule has 0 aliphatic heterocycles. The van der Waals surface area contributed by atoms with Gasteiger partial charge in [0.05, 0.1) is 12.8 Å². The minimum Gasteiger partial charge on any atom is -0.495 e. The first-order valence-electron chi connectivity index (χ1n) is 11.5. The van der Waals surface area contributed by atoms with Crippen LogP contribution < -0.4 is 26.8 Å². The quantitative estimate of drug-likeness (QED) is 0.511. The number of nitrogens with one attached hydrogen (secondary N) is 2. The van der Waals surface area contributed by atoms with E-state index in [1.165, 1.54) is 12.8 Å². The Morgan fingerprint density at radius 2 is 1.81 bits per heavy atom. The number of carbonyl (C=O) groups excluding carboxylic acids is 1. The van der Waals surface area contributed by atoms with Crippen molar-refractivity contribution in [3.8, 4) is 5.75 Å². The van der Waals surface area contributed by atoms with Crippen molar-refractivity contribution in [1.29, 1.82) is 0 Å². The zero-order valence-electron chi connectivity index (χ0n) is 20.0. The van der Waals surface area contributed by atoms with E-state index >= 15 is 0 Å². The van der Waals surface area contributed by atoms with Gasteiger partial charge in [-0.25, -0.2) is 0 Å². The summed E-state index contributed by atoms with van der Waals surface area (Å²) in [6.07, 6.45) is 6.35. The molecule has 1 amide bonds. The maximum absolute atomic E-state index is 12.7. The summed E-state index contributed by atoms with van der Waals surface area (Å²) in [5.41, 5.74) is 13.8. The molecule has 2 aromatic rings. The summed E-state index contributed by atoms with van der Waals surface area (Å²) >= 11 is 0. The molecule has 2 atom stereocenters. The van der Waals surface area contributed by atoms with E-state index in [1.807, 2.05) is 6.92 Å². The molecule has 1 saturated carbocycles. The van der Waals surface area contributed by atoms with Gasteiger partial charge in [-0.05, 0) is 43.4 Å². The molecule has 1 aliphatic carbocycles. The number of nitrogen functional groups attached to an aromatic ring is 2. The number of amides is 1. The zero-order chi connectivity index (χ0) is 23.7. The minimum absolute atomic E-state index is 0.0917. The summed E-state index contributed by atoms with van der Waals surface area (Å²) in [7, 11) is 1.55. The van der Waals surface area contributed by atoms with Crippen LogP contribution in [0.4, 0.5) is 23.3 Å². The fourth-order valence-corrected chi connectivity index (χ4v) is 3.83. The van der Waals surface area contributed by atoms with Crippen molar-refractivity contribution in [2.45, 2.75) is 72.3 Å². The van der Waals surface area contributed by atoms with Crippen LogP contribution in [0.15, 0.2) is 18.2 Å². The number of nitrogens with zero attached hydrogens (tertiary/aromatic N) is 2. The van der Waals surface area contributed by atoms with Gasteiger partial charge in [0, 0.05) is 17.2 Å². The second-order valence-corrected chi connectivity index (χ2v) is 8.34. The van der Waals surface area contributed by atoms with Crippen molar-refractivity contribution in [3.05, 3.63) is 29.3 Å². The maximum Gasteiger partial charge on any atom is 0.251 e. The van der Waals surface area contributed by atoms with Crippen LogP contribution in [0.1, 0.15) is 75.7 Å². The summed E-state index contributed by atoms with van der Waals surface area (Å²) in [6, 6.07) is 5.45. The van der Waals surface area contributed by atoms with Crippen molar-refractivity contribution < 1.29 is 9.53 Å². The van der Waals surface area contributed by atoms with Gasteiger partial charge in [-0.15, -0.1) is 0 Å². The summed E-state index contributed by atoms with van der Waals surface area (Å²) in [5.74, 6) is 2.04. The van der Waals surface area contributed by atoms with E-state index in [2.05, 4.69) is 41.4 Å². The number of aromatic nitrogens is 2. The topological polar surface area (TPSA) is 128 Å². The van der Waals surface area contributed by atoms with Gasteiger partial charge in [0.2, 0.25) is 5.95 Å². The Hall–Kier alpha value is -3.03. The Kier molecular flexibility index (Phi) is 9.56. The van der Waals surface area contributed by atoms with Crippen LogP contribution in [0, 0.1) is 5.92 Å². The highest BCUT2D eigenvalue weighted by Crippen LogP contribution is 2.30. The highest BCUT2D eigenvalue weighted by Gasteiger charge is 2.21. The molecule has 176 valence electrons. The number of methoxy groups -OCH3 is 1. The third-order valence-corrected chi connectivity index (χ3v) is 5.41. The Morgan fingerprint density at radius 3 is 2.38 bits per heavy atom. The van der Waals surface area contributed by atoms with Gasteiger partial charge in [0.1, 0.15) is 17.4 Å². The molecule has 0 bridgehead atoms.